The molecule has 1 aliphatic heterocycles. The molecule has 16 heavy (non-hydrogen) atoms. The normalized spacial score (nSPS) is 16.8. The summed E-state index contributed by atoms with van der Waals surface area (Å²) in [7, 11) is 0. The Labute approximate surface area is 107 Å². The zero-order valence-electron chi connectivity index (χ0n) is 8.95. The minimum Gasteiger partial charge on any atom is -0.317 e. The van der Waals surface area contributed by atoms with Gasteiger partial charge in [0.1, 0.15) is 0 Å². The van der Waals surface area contributed by atoms with Crippen LogP contribution in [0.1, 0.15) is 18.5 Å². The van der Waals surface area contributed by atoms with Crippen molar-refractivity contribution in [2.24, 2.45) is 0 Å². The van der Waals surface area contributed by atoms with Gasteiger partial charge in [0.25, 0.3) is 0 Å². The van der Waals surface area contributed by atoms with E-state index in [1.54, 1.807) is 6.20 Å². The minimum atomic E-state index is 0. The lowest BCUT2D eigenvalue weighted by molar-refractivity contribution is 0.385. The Morgan fingerprint density at radius 1 is 1.44 bits per heavy atom. The molecule has 1 aromatic rings. The van der Waals surface area contributed by atoms with Gasteiger partial charge in [0.05, 0.1) is 5.69 Å². The zero-order valence-corrected chi connectivity index (χ0v) is 10.5. The molecule has 1 aromatic heterocycles. The Morgan fingerprint density at radius 3 is 2.88 bits per heavy atom. The Balaban J connectivity index is 0.00000128. The van der Waals surface area contributed by atoms with Crippen LogP contribution in [-0.4, -0.2) is 29.1 Å². The van der Waals surface area contributed by atoms with E-state index in [1.807, 2.05) is 6.07 Å². The van der Waals surface area contributed by atoms with Crippen molar-refractivity contribution in [1.82, 2.24) is 20.6 Å². The molecule has 0 saturated carbocycles. The van der Waals surface area contributed by atoms with E-state index in [0.29, 0.717) is 11.3 Å². The standard InChI is InChI=1S/C10H15ClN4.ClH/c11-10-13-6-3-9(15-10)7-14-8-1-4-12-5-2-8;/h3,6,8,12,14H,1-2,4-5,7H2;1H. The first-order chi connectivity index (χ1) is 7.34. The van der Waals surface area contributed by atoms with Crippen molar-refractivity contribution >= 4 is 24.0 Å². The number of rotatable bonds is 3. The van der Waals surface area contributed by atoms with Gasteiger partial charge in [-0.05, 0) is 43.6 Å². The topological polar surface area (TPSA) is 49.8 Å². The number of halogens is 2. The highest BCUT2D eigenvalue weighted by Gasteiger charge is 2.11. The Kier molecular flexibility index (Phi) is 5.98. The van der Waals surface area contributed by atoms with E-state index < -0.39 is 0 Å². The summed E-state index contributed by atoms with van der Waals surface area (Å²) in [6.07, 6.45) is 4.05. The number of hydrogen-bond donors (Lipinski definition) is 2. The van der Waals surface area contributed by atoms with Crippen LogP contribution in [0.5, 0.6) is 0 Å². The van der Waals surface area contributed by atoms with Gasteiger partial charge in [-0.3, -0.25) is 0 Å². The lowest BCUT2D eigenvalue weighted by Crippen LogP contribution is -2.39. The summed E-state index contributed by atoms with van der Waals surface area (Å²) < 4.78 is 0. The molecule has 0 bridgehead atoms. The Bertz CT molecular complexity index is 315. The van der Waals surface area contributed by atoms with Gasteiger partial charge < -0.3 is 10.6 Å². The van der Waals surface area contributed by atoms with Crippen molar-refractivity contribution in [3.05, 3.63) is 23.2 Å². The summed E-state index contributed by atoms with van der Waals surface area (Å²) in [5.74, 6) is 0. The maximum atomic E-state index is 5.71. The highest BCUT2D eigenvalue weighted by Crippen LogP contribution is 2.05. The third kappa shape index (κ3) is 4.22. The maximum Gasteiger partial charge on any atom is 0.222 e. The molecule has 2 N–H and O–H groups in total. The zero-order chi connectivity index (χ0) is 10.5. The van der Waals surface area contributed by atoms with Crippen LogP contribution in [0, 0.1) is 0 Å². The molecular weight excluding hydrogens is 247 g/mol. The second-order valence-corrected chi connectivity index (χ2v) is 4.06. The summed E-state index contributed by atoms with van der Waals surface area (Å²) >= 11 is 5.71. The van der Waals surface area contributed by atoms with Crippen LogP contribution in [0.25, 0.3) is 0 Å². The van der Waals surface area contributed by atoms with Crippen LogP contribution in [0.2, 0.25) is 5.28 Å². The molecule has 1 aliphatic rings. The fourth-order valence-corrected chi connectivity index (χ4v) is 1.91. The molecule has 0 unspecified atom stereocenters. The van der Waals surface area contributed by atoms with Gasteiger partial charge >= 0.3 is 0 Å². The molecule has 0 radical (unpaired) electrons. The average molecular weight is 263 g/mol. The van der Waals surface area contributed by atoms with Crippen LogP contribution in [0.3, 0.4) is 0 Å². The number of nitrogens with zero attached hydrogens (tertiary/aromatic N) is 2. The van der Waals surface area contributed by atoms with Crippen LogP contribution in [0.4, 0.5) is 0 Å². The Hall–Kier alpha value is -0.420. The van der Waals surface area contributed by atoms with Crippen LogP contribution < -0.4 is 10.6 Å². The van der Waals surface area contributed by atoms with E-state index in [4.69, 9.17) is 11.6 Å². The second kappa shape index (κ2) is 7.01. The van der Waals surface area contributed by atoms with E-state index in [9.17, 15) is 0 Å². The molecule has 0 aromatic carbocycles. The average Bonchev–Trinajstić information content (AvgIpc) is 2.28. The van der Waals surface area contributed by atoms with E-state index in [2.05, 4.69) is 20.6 Å². The maximum absolute atomic E-state index is 5.71. The van der Waals surface area contributed by atoms with E-state index in [-0.39, 0.29) is 12.4 Å². The molecule has 0 amide bonds. The largest absolute Gasteiger partial charge is 0.317 e. The smallest absolute Gasteiger partial charge is 0.222 e. The predicted molar refractivity (Wildman–Crippen MR) is 67.0 cm³/mol. The van der Waals surface area contributed by atoms with Crippen molar-refractivity contribution < 1.29 is 0 Å². The highest BCUT2D eigenvalue weighted by molar-refractivity contribution is 6.28. The highest BCUT2D eigenvalue weighted by atomic mass is 35.5. The van der Waals surface area contributed by atoms with Crippen molar-refractivity contribution in [3.8, 4) is 0 Å². The monoisotopic (exact) mass is 262 g/mol. The van der Waals surface area contributed by atoms with E-state index in [1.165, 1.54) is 12.8 Å². The van der Waals surface area contributed by atoms with Gasteiger partial charge in [-0.25, -0.2) is 9.97 Å². The molecule has 1 saturated heterocycles. The Morgan fingerprint density at radius 2 is 2.19 bits per heavy atom. The molecule has 4 nitrogen and oxygen atoms in total. The number of nitrogens with one attached hydrogen (secondary N) is 2. The van der Waals surface area contributed by atoms with Crippen molar-refractivity contribution in [2.45, 2.75) is 25.4 Å². The second-order valence-electron chi connectivity index (χ2n) is 3.72. The van der Waals surface area contributed by atoms with Gasteiger partial charge in [0.2, 0.25) is 5.28 Å². The quantitative estimate of drug-likeness (QED) is 0.809. The van der Waals surface area contributed by atoms with E-state index >= 15 is 0 Å². The first kappa shape index (κ1) is 13.6. The third-order valence-corrected chi connectivity index (χ3v) is 2.78. The number of piperidine rings is 1. The molecule has 1 fully saturated rings. The lowest BCUT2D eigenvalue weighted by Gasteiger charge is -2.23. The molecule has 6 heteroatoms. The lowest BCUT2D eigenvalue weighted by atomic mass is 10.1. The first-order valence-electron chi connectivity index (χ1n) is 5.26. The van der Waals surface area contributed by atoms with Crippen LogP contribution >= 0.6 is 24.0 Å². The molecule has 2 rings (SSSR count). The first-order valence-corrected chi connectivity index (χ1v) is 5.64. The summed E-state index contributed by atoms with van der Waals surface area (Å²) in [6.45, 7) is 2.97. The van der Waals surface area contributed by atoms with Gasteiger partial charge in [0.15, 0.2) is 0 Å². The molecule has 0 atom stereocenters. The van der Waals surface area contributed by atoms with Gasteiger partial charge in [-0.1, -0.05) is 0 Å². The summed E-state index contributed by atoms with van der Waals surface area (Å²) in [4.78, 5) is 7.98. The van der Waals surface area contributed by atoms with Crippen molar-refractivity contribution in [2.75, 3.05) is 13.1 Å². The molecule has 0 aliphatic carbocycles. The van der Waals surface area contributed by atoms with Gasteiger partial charge in [0, 0.05) is 18.8 Å². The van der Waals surface area contributed by atoms with Crippen molar-refractivity contribution in [1.29, 1.82) is 0 Å². The summed E-state index contributed by atoms with van der Waals surface area (Å²) in [5.41, 5.74) is 0.952. The summed E-state index contributed by atoms with van der Waals surface area (Å²) in [6, 6.07) is 2.49. The van der Waals surface area contributed by atoms with Crippen LogP contribution in [-0.2, 0) is 6.54 Å². The number of hydrogen-bond acceptors (Lipinski definition) is 4. The fraction of sp³-hybridized carbons (Fsp3) is 0.600. The third-order valence-electron chi connectivity index (χ3n) is 2.59. The van der Waals surface area contributed by atoms with Crippen molar-refractivity contribution in [3.63, 3.8) is 0 Å². The molecule has 90 valence electrons. The molecule has 2 heterocycles. The van der Waals surface area contributed by atoms with E-state index in [0.717, 1.165) is 25.3 Å². The van der Waals surface area contributed by atoms with Gasteiger partial charge in [-0.2, -0.15) is 0 Å². The predicted octanol–water partition coefficient (Wildman–Crippen LogP) is 1.39. The fourth-order valence-electron chi connectivity index (χ4n) is 1.74. The van der Waals surface area contributed by atoms with Gasteiger partial charge in [-0.15, -0.1) is 12.4 Å². The minimum absolute atomic E-state index is 0. The SMILES string of the molecule is Cl.Clc1nccc(CNC2CCNCC2)n1. The molecular formula is C10H16Cl2N4. The van der Waals surface area contributed by atoms with Crippen LogP contribution in [0.15, 0.2) is 12.3 Å². The summed E-state index contributed by atoms with van der Waals surface area (Å²) in [5, 5.41) is 7.13. The number of aromatic nitrogens is 2. The molecule has 0 spiro atoms.